The van der Waals surface area contributed by atoms with Crippen LogP contribution in [-0.4, -0.2) is 34.4 Å². The van der Waals surface area contributed by atoms with Gasteiger partial charge in [0.15, 0.2) is 0 Å². The SMILES string of the molecule is Cc1cc(C(=O)N(C)CCc2ccccn2)cc(Cl)n1. The van der Waals surface area contributed by atoms with Crippen LogP contribution in [0.25, 0.3) is 0 Å². The van der Waals surface area contributed by atoms with Gasteiger partial charge in [0.25, 0.3) is 5.91 Å². The van der Waals surface area contributed by atoms with Gasteiger partial charge in [-0.25, -0.2) is 4.98 Å². The molecule has 0 bridgehead atoms. The lowest BCUT2D eigenvalue weighted by Gasteiger charge is -2.17. The van der Waals surface area contributed by atoms with Crippen molar-refractivity contribution < 1.29 is 4.79 Å². The molecule has 0 aliphatic rings. The number of nitrogens with zero attached hydrogens (tertiary/aromatic N) is 3. The molecule has 0 radical (unpaired) electrons. The molecule has 0 spiro atoms. The van der Waals surface area contributed by atoms with E-state index in [1.165, 1.54) is 0 Å². The number of carbonyl (C=O) groups excluding carboxylic acids is 1. The van der Waals surface area contributed by atoms with E-state index in [9.17, 15) is 4.79 Å². The zero-order valence-corrected chi connectivity index (χ0v) is 12.3. The normalized spacial score (nSPS) is 10.3. The monoisotopic (exact) mass is 289 g/mol. The largest absolute Gasteiger partial charge is 0.341 e. The Hall–Kier alpha value is -1.94. The van der Waals surface area contributed by atoms with Crippen LogP contribution in [0.15, 0.2) is 36.5 Å². The van der Waals surface area contributed by atoms with Crippen molar-refractivity contribution in [3.05, 3.63) is 58.6 Å². The molecule has 0 N–H and O–H groups in total. The number of pyridine rings is 2. The first-order chi connectivity index (χ1) is 9.56. The summed E-state index contributed by atoms with van der Waals surface area (Å²) < 4.78 is 0. The molecule has 104 valence electrons. The Morgan fingerprint density at radius 3 is 2.80 bits per heavy atom. The quantitative estimate of drug-likeness (QED) is 0.813. The Morgan fingerprint density at radius 1 is 1.35 bits per heavy atom. The third kappa shape index (κ3) is 3.78. The van der Waals surface area contributed by atoms with Crippen molar-refractivity contribution in [3.63, 3.8) is 0 Å². The van der Waals surface area contributed by atoms with Gasteiger partial charge >= 0.3 is 0 Å². The highest BCUT2D eigenvalue weighted by Crippen LogP contribution is 2.12. The lowest BCUT2D eigenvalue weighted by atomic mass is 10.2. The van der Waals surface area contributed by atoms with E-state index in [-0.39, 0.29) is 5.91 Å². The standard InChI is InChI=1S/C15H16ClN3O/c1-11-9-12(10-14(16)18-11)15(20)19(2)8-6-13-5-3-4-7-17-13/h3-5,7,9-10H,6,8H2,1-2H3. The van der Waals surface area contributed by atoms with Crippen LogP contribution >= 0.6 is 11.6 Å². The lowest BCUT2D eigenvalue weighted by Crippen LogP contribution is -2.29. The topological polar surface area (TPSA) is 46.1 Å². The van der Waals surface area contributed by atoms with Crippen LogP contribution in [0.3, 0.4) is 0 Å². The molecule has 2 aromatic rings. The van der Waals surface area contributed by atoms with Gasteiger partial charge in [0, 0.05) is 43.2 Å². The summed E-state index contributed by atoms with van der Waals surface area (Å²) in [4.78, 5) is 22.3. The lowest BCUT2D eigenvalue weighted by molar-refractivity contribution is 0.0796. The molecule has 20 heavy (non-hydrogen) atoms. The fourth-order valence-corrected chi connectivity index (χ4v) is 2.15. The van der Waals surface area contributed by atoms with E-state index in [2.05, 4.69) is 9.97 Å². The Labute approximate surface area is 123 Å². The number of likely N-dealkylation sites (N-methyl/N-ethyl adjacent to an activating group) is 1. The summed E-state index contributed by atoms with van der Waals surface area (Å²) in [5, 5.41) is 0.339. The number of aryl methyl sites for hydroxylation is 1. The van der Waals surface area contributed by atoms with Crippen LogP contribution in [0, 0.1) is 6.92 Å². The molecule has 0 saturated heterocycles. The van der Waals surface area contributed by atoms with Gasteiger partial charge in [0.2, 0.25) is 0 Å². The van der Waals surface area contributed by atoms with Crippen molar-refractivity contribution in [1.29, 1.82) is 0 Å². The summed E-state index contributed by atoms with van der Waals surface area (Å²) in [5.41, 5.74) is 2.26. The molecule has 0 atom stereocenters. The zero-order valence-electron chi connectivity index (χ0n) is 11.5. The average Bonchev–Trinajstić information content (AvgIpc) is 2.44. The van der Waals surface area contributed by atoms with E-state index in [1.807, 2.05) is 25.1 Å². The molecule has 1 amide bonds. The first-order valence-corrected chi connectivity index (χ1v) is 6.73. The maximum absolute atomic E-state index is 12.3. The molecule has 0 aliphatic heterocycles. The Morgan fingerprint density at radius 2 is 2.15 bits per heavy atom. The summed E-state index contributed by atoms with van der Waals surface area (Å²) in [5.74, 6) is -0.0617. The number of rotatable bonds is 4. The molecule has 5 heteroatoms. The Bertz CT molecular complexity index is 581. The number of halogens is 1. The van der Waals surface area contributed by atoms with E-state index >= 15 is 0 Å². The smallest absolute Gasteiger partial charge is 0.253 e. The molecule has 0 aromatic carbocycles. The molecule has 2 rings (SSSR count). The van der Waals surface area contributed by atoms with Crippen LogP contribution in [0.4, 0.5) is 0 Å². The predicted octanol–water partition coefficient (Wildman–Crippen LogP) is 2.75. The number of aromatic nitrogens is 2. The van der Waals surface area contributed by atoms with E-state index < -0.39 is 0 Å². The molecule has 2 aromatic heterocycles. The number of hydrogen-bond donors (Lipinski definition) is 0. The number of hydrogen-bond acceptors (Lipinski definition) is 3. The molecule has 0 fully saturated rings. The van der Waals surface area contributed by atoms with E-state index in [0.717, 1.165) is 17.8 Å². The molecule has 2 heterocycles. The minimum absolute atomic E-state index is 0.0617. The Balaban J connectivity index is 2.01. The highest BCUT2D eigenvalue weighted by molar-refractivity contribution is 6.29. The van der Waals surface area contributed by atoms with Gasteiger partial charge in [0.1, 0.15) is 5.15 Å². The molecule has 0 aliphatic carbocycles. The van der Waals surface area contributed by atoms with Crippen molar-refractivity contribution in [2.75, 3.05) is 13.6 Å². The van der Waals surface area contributed by atoms with Gasteiger partial charge in [-0.05, 0) is 31.2 Å². The minimum atomic E-state index is -0.0617. The average molecular weight is 290 g/mol. The molecular weight excluding hydrogens is 274 g/mol. The third-order valence-corrected chi connectivity index (χ3v) is 3.14. The molecular formula is C15H16ClN3O. The predicted molar refractivity (Wildman–Crippen MR) is 78.9 cm³/mol. The van der Waals surface area contributed by atoms with Gasteiger partial charge in [-0.15, -0.1) is 0 Å². The second-order valence-electron chi connectivity index (χ2n) is 4.62. The summed E-state index contributed by atoms with van der Waals surface area (Å²) >= 11 is 5.88. The highest BCUT2D eigenvalue weighted by Gasteiger charge is 2.13. The molecule has 4 nitrogen and oxygen atoms in total. The maximum Gasteiger partial charge on any atom is 0.253 e. The summed E-state index contributed by atoms with van der Waals surface area (Å²) in [7, 11) is 1.77. The number of amides is 1. The van der Waals surface area contributed by atoms with Crippen LogP contribution in [-0.2, 0) is 6.42 Å². The summed E-state index contributed by atoms with van der Waals surface area (Å²) in [6.45, 7) is 2.42. The van der Waals surface area contributed by atoms with Crippen molar-refractivity contribution in [2.45, 2.75) is 13.3 Å². The van der Waals surface area contributed by atoms with E-state index in [1.54, 1.807) is 30.3 Å². The van der Waals surface area contributed by atoms with Gasteiger partial charge in [-0.1, -0.05) is 17.7 Å². The maximum atomic E-state index is 12.3. The number of carbonyl (C=O) groups is 1. The second kappa shape index (κ2) is 6.48. The van der Waals surface area contributed by atoms with Crippen molar-refractivity contribution in [1.82, 2.24) is 14.9 Å². The first kappa shape index (κ1) is 14.5. The summed E-state index contributed by atoms with van der Waals surface area (Å²) in [6, 6.07) is 9.10. The highest BCUT2D eigenvalue weighted by atomic mass is 35.5. The van der Waals surface area contributed by atoms with Crippen LogP contribution in [0.1, 0.15) is 21.7 Å². The van der Waals surface area contributed by atoms with Crippen molar-refractivity contribution in [3.8, 4) is 0 Å². The van der Waals surface area contributed by atoms with Crippen LogP contribution in [0.2, 0.25) is 5.15 Å². The van der Waals surface area contributed by atoms with Crippen LogP contribution in [0.5, 0.6) is 0 Å². The van der Waals surface area contributed by atoms with E-state index in [0.29, 0.717) is 17.3 Å². The fourth-order valence-electron chi connectivity index (χ4n) is 1.90. The second-order valence-corrected chi connectivity index (χ2v) is 5.00. The van der Waals surface area contributed by atoms with Crippen molar-refractivity contribution >= 4 is 17.5 Å². The molecule has 0 unspecified atom stereocenters. The van der Waals surface area contributed by atoms with Gasteiger partial charge < -0.3 is 4.90 Å². The zero-order chi connectivity index (χ0) is 14.5. The molecule has 0 saturated carbocycles. The third-order valence-electron chi connectivity index (χ3n) is 2.95. The summed E-state index contributed by atoms with van der Waals surface area (Å²) in [6.07, 6.45) is 2.48. The van der Waals surface area contributed by atoms with Gasteiger partial charge in [-0.2, -0.15) is 0 Å². The van der Waals surface area contributed by atoms with Gasteiger partial charge in [-0.3, -0.25) is 9.78 Å². The van der Waals surface area contributed by atoms with Gasteiger partial charge in [0.05, 0.1) is 0 Å². The first-order valence-electron chi connectivity index (χ1n) is 6.36. The fraction of sp³-hybridized carbons (Fsp3) is 0.267. The minimum Gasteiger partial charge on any atom is -0.341 e. The van der Waals surface area contributed by atoms with E-state index in [4.69, 9.17) is 11.6 Å². The van der Waals surface area contributed by atoms with Crippen molar-refractivity contribution in [2.24, 2.45) is 0 Å². The Kier molecular flexibility index (Phi) is 4.69. The van der Waals surface area contributed by atoms with Crippen LogP contribution < -0.4 is 0 Å².